The van der Waals surface area contributed by atoms with Gasteiger partial charge in [-0.1, -0.05) is 30.3 Å². The van der Waals surface area contributed by atoms with Crippen LogP contribution in [-0.4, -0.2) is 38.1 Å². The molecule has 4 heteroatoms. The van der Waals surface area contributed by atoms with E-state index in [-0.39, 0.29) is 0 Å². The molecule has 21 heavy (non-hydrogen) atoms. The summed E-state index contributed by atoms with van der Waals surface area (Å²) in [4.78, 5) is 0. The number of rotatable bonds is 8. The summed E-state index contributed by atoms with van der Waals surface area (Å²) in [5, 5.41) is 15.1. The first-order valence-electron chi connectivity index (χ1n) is 7.23. The number of hydrogen-bond donors (Lipinski definition) is 2. The summed E-state index contributed by atoms with van der Waals surface area (Å²) >= 11 is 0. The molecule has 0 aliphatic carbocycles. The summed E-state index contributed by atoms with van der Waals surface area (Å²) in [6, 6.07) is 12.3. The Balaban J connectivity index is 2.23. The van der Waals surface area contributed by atoms with E-state index in [9.17, 15) is 5.11 Å². The number of benzene rings is 2. The second-order valence-corrected chi connectivity index (χ2v) is 5.09. The number of aliphatic hydroxyl groups is 1. The van der Waals surface area contributed by atoms with Crippen molar-refractivity contribution >= 4 is 10.8 Å². The minimum atomic E-state index is -0.481. The highest BCUT2D eigenvalue weighted by Crippen LogP contribution is 2.28. The summed E-state index contributed by atoms with van der Waals surface area (Å²) in [5.41, 5.74) is 1.12. The Kier molecular flexibility index (Phi) is 5.99. The van der Waals surface area contributed by atoms with Crippen molar-refractivity contribution in [3.05, 3.63) is 42.0 Å². The molecule has 0 amide bonds. The van der Waals surface area contributed by atoms with E-state index in [1.54, 1.807) is 14.0 Å². The van der Waals surface area contributed by atoms with Gasteiger partial charge in [-0.3, -0.25) is 0 Å². The standard InChI is InChI=1S/C17H23NO3/c1-13(19)12-21-17-8-7-14-5-3-4-6-15(14)16(17)11-18-9-10-20-2/h3-8,13,18-19H,9-12H2,1-2H3. The van der Waals surface area contributed by atoms with E-state index < -0.39 is 6.10 Å². The molecule has 0 bridgehead atoms. The molecule has 0 fully saturated rings. The maximum Gasteiger partial charge on any atom is 0.124 e. The van der Waals surface area contributed by atoms with Crippen molar-refractivity contribution < 1.29 is 14.6 Å². The molecule has 2 aromatic rings. The largest absolute Gasteiger partial charge is 0.491 e. The molecular weight excluding hydrogens is 266 g/mol. The number of aliphatic hydroxyl groups excluding tert-OH is 1. The van der Waals surface area contributed by atoms with Crippen LogP contribution in [0.2, 0.25) is 0 Å². The van der Waals surface area contributed by atoms with Crippen molar-refractivity contribution in [2.75, 3.05) is 26.9 Å². The summed E-state index contributed by atoms with van der Waals surface area (Å²) in [5.74, 6) is 0.819. The van der Waals surface area contributed by atoms with Gasteiger partial charge in [-0.05, 0) is 23.8 Å². The summed E-state index contributed by atoms with van der Waals surface area (Å²) in [6.07, 6.45) is -0.481. The molecule has 0 radical (unpaired) electrons. The number of hydrogen-bond acceptors (Lipinski definition) is 4. The van der Waals surface area contributed by atoms with E-state index in [2.05, 4.69) is 17.4 Å². The van der Waals surface area contributed by atoms with E-state index in [0.29, 0.717) is 19.8 Å². The Morgan fingerprint density at radius 1 is 1.19 bits per heavy atom. The minimum absolute atomic E-state index is 0.295. The molecule has 2 N–H and O–H groups in total. The average Bonchev–Trinajstić information content (AvgIpc) is 2.50. The fourth-order valence-corrected chi connectivity index (χ4v) is 2.23. The molecule has 0 aliphatic rings. The van der Waals surface area contributed by atoms with Crippen LogP contribution < -0.4 is 10.1 Å². The fraction of sp³-hybridized carbons (Fsp3) is 0.412. The minimum Gasteiger partial charge on any atom is -0.491 e. The topological polar surface area (TPSA) is 50.7 Å². The van der Waals surface area contributed by atoms with Crippen molar-refractivity contribution in [3.63, 3.8) is 0 Å². The lowest BCUT2D eigenvalue weighted by molar-refractivity contribution is 0.122. The third-order valence-electron chi connectivity index (χ3n) is 3.26. The van der Waals surface area contributed by atoms with Crippen molar-refractivity contribution in [3.8, 4) is 5.75 Å². The molecule has 0 saturated carbocycles. The molecule has 0 spiro atoms. The van der Waals surface area contributed by atoms with Crippen LogP contribution in [-0.2, 0) is 11.3 Å². The predicted molar refractivity (Wildman–Crippen MR) is 84.7 cm³/mol. The molecule has 4 nitrogen and oxygen atoms in total. The average molecular weight is 289 g/mol. The number of fused-ring (bicyclic) bond motifs is 1. The fourth-order valence-electron chi connectivity index (χ4n) is 2.23. The van der Waals surface area contributed by atoms with Gasteiger partial charge in [0.2, 0.25) is 0 Å². The van der Waals surface area contributed by atoms with Gasteiger partial charge in [-0.15, -0.1) is 0 Å². The lowest BCUT2D eigenvalue weighted by Crippen LogP contribution is -2.20. The molecule has 1 atom stereocenters. The third-order valence-corrected chi connectivity index (χ3v) is 3.26. The highest BCUT2D eigenvalue weighted by atomic mass is 16.5. The smallest absolute Gasteiger partial charge is 0.124 e. The van der Waals surface area contributed by atoms with Crippen molar-refractivity contribution in [2.45, 2.75) is 19.6 Å². The Morgan fingerprint density at radius 3 is 2.76 bits per heavy atom. The molecule has 2 aromatic carbocycles. The van der Waals surface area contributed by atoms with Crippen LogP contribution in [0.4, 0.5) is 0 Å². The van der Waals surface area contributed by atoms with Crippen molar-refractivity contribution in [1.82, 2.24) is 5.32 Å². The van der Waals surface area contributed by atoms with Gasteiger partial charge < -0.3 is 19.9 Å². The normalized spacial score (nSPS) is 12.5. The first-order chi connectivity index (χ1) is 10.2. The highest BCUT2D eigenvalue weighted by molar-refractivity contribution is 5.87. The zero-order valence-corrected chi connectivity index (χ0v) is 12.6. The van der Waals surface area contributed by atoms with Crippen LogP contribution in [0, 0.1) is 0 Å². The first-order valence-corrected chi connectivity index (χ1v) is 7.23. The molecule has 2 rings (SSSR count). The monoisotopic (exact) mass is 289 g/mol. The van der Waals surface area contributed by atoms with Gasteiger partial charge in [0.15, 0.2) is 0 Å². The van der Waals surface area contributed by atoms with Crippen LogP contribution >= 0.6 is 0 Å². The Hall–Kier alpha value is -1.62. The number of ether oxygens (including phenoxy) is 2. The molecule has 0 heterocycles. The van der Waals surface area contributed by atoms with Gasteiger partial charge in [-0.25, -0.2) is 0 Å². The number of methoxy groups -OCH3 is 1. The SMILES string of the molecule is COCCNCc1c(OCC(C)O)ccc2ccccc12. The molecular formula is C17H23NO3. The van der Waals surface area contributed by atoms with Gasteiger partial charge in [-0.2, -0.15) is 0 Å². The van der Waals surface area contributed by atoms with E-state index in [1.807, 2.05) is 24.3 Å². The summed E-state index contributed by atoms with van der Waals surface area (Å²) in [7, 11) is 1.69. The quantitative estimate of drug-likeness (QED) is 0.732. The third kappa shape index (κ3) is 4.43. The highest BCUT2D eigenvalue weighted by Gasteiger charge is 2.09. The van der Waals surface area contributed by atoms with Gasteiger partial charge in [0.1, 0.15) is 12.4 Å². The molecule has 0 aromatic heterocycles. The number of nitrogens with one attached hydrogen (secondary N) is 1. The van der Waals surface area contributed by atoms with E-state index in [4.69, 9.17) is 9.47 Å². The maximum absolute atomic E-state index is 9.41. The van der Waals surface area contributed by atoms with Gasteiger partial charge in [0.05, 0.1) is 12.7 Å². The Labute approximate surface area is 125 Å². The summed E-state index contributed by atoms with van der Waals surface area (Å²) < 4.78 is 10.8. The second kappa shape index (κ2) is 7.98. The van der Waals surface area contributed by atoms with E-state index in [1.165, 1.54) is 10.8 Å². The second-order valence-electron chi connectivity index (χ2n) is 5.09. The van der Waals surface area contributed by atoms with Crippen LogP contribution in [0.25, 0.3) is 10.8 Å². The van der Waals surface area contributed by atoms with Crippen LogP contribution in [0.15, 0.2) is 36.4 Å². The Morgan fingerprint density at radius 2 is 2.00 bits per heavy atom. The lowest BCUT2D eigenvalue weighted by atomic mass is 10.0. The van der Waals surface area contributed by atoms with Crippen LogP contribution in [0.5, 0.6) is 5.75 Å². The van der Waals surface area contributed by atoms with Gasteiger partial charge in [0, 0.05) is 25.8 Å². The van der Waals surface area contributed by atoms with Crippen LogP contribution in [0.3, 0.4) is 0 Å². The van der Waals surface area contributed by atoms with Crippen LogP contribution in [0.1, 0.15) is 12.5 Å². The summed E-state index contributed by atoms with van der Waals surface area (Å²) in [6.45, 7) is 4.19. The molecule has 0 aliphatic heterocycles. The molecule has 114 valence electrons. The molecule has 1 unspecified atom stereocenters. The van der Waals surface area contributed by atoms with Gasteiger partial charge in [0.25, 0.3) is 0 Å². The van der Waals surface area contributed by atoms with Gasteiger partial charge >= 0.3 is 0 Å². The first kappa shape index (κ1) is 15.8. The zero-order chi connectivity index (χ0) is 15.1. The molecule has 0 saturated heterocycles. The zero-order valence-electron chi connectivity index (χ0n) is 12.6. The lowest BCUT2D eigenvalue weighted by Gasteiger charge is -2.16. The van der Waals surface area contributed by atoms with Crippen molar-refractivity contribution in [1.29, 1.82) is 0 Å². The van der Waals surface area contributed by atoms with E-state index >= 15 is 0 Å². The predicted octanol–water partition coefficient (Wildman–Crippen LogP) is 2.34. The Bertz CT molecular complexity index is 569. The van der Waals surface area contributed by atoms with E-state index in [0.717, 1.165) is 17.9 Å². The maximum atomic E-state index is 9.41. The van der Waals surface area contributed by atoms with Crippen molar-refractivity contribution in [2.24, 2.45) is 0 Å².